The lowest BCUT2D eigenvalue weighted by Crippen LogP contribution is -2.50. The molecule has 1 aromatic carbocycles. The number of piperidine rings is 1. The molecule has 7 nitrogen and oxygen atoms in total. The summed E-state index contributed by atoms with van der Waals surface area (Å²) in [5, 5.41) is 0.328. The summed E-state index contributed by atoms with van der Waals surface area (Å²) in [6.45, 7) is 1.05. The Morgan fingerprint density at radius 1 is 1.19 bits per heavy atom. The van der Waals surface area contributed by atoms with E-state index in [1.54, 1.807) is 4.90 Å². The summed E-state index contributed by atoms with van der Waals surface area (Å²) in [6.07, 6.45) is 3.30. The van der Waals surface area contributed by atoms with Crippen molar-refractivity contribution in [2.75, 3.05) is 25.1 Å². The first-order valence-corrected chi connectivity index (χ1v) is 10.6. The Morgan fingerprint density at radius 2 is 1.90 bits per heavy atom. The Kier molecular flexibility index (Phi) is 4.97. The Hall–Kier alpha value is -2.52. The zero-order chi connectivity index (χ0) is 21.8. The van der Waals surface area contributed by atoms with Gasteiger partial charge in [0.05, 0.1) is 19.3 Å². The van der Waals surface area contributed by atoms with Crippen LogP contribution in [0.15, 0.2) is 24.4 Å². The maximum atomic E-state index is 13.7. The number of rotatable bonds is 3. The molecule has 0 bridgehead atoms. The topological polar surface area (TPSA) is 67.8 Å². The Labute approximate surface area is 182 Å². The Morgan fingerprint density at radius 3 is 2.58 bits per heavy atom. The molecule has 10 heteroatoms. The lowest BCUT2D eigenvalue weighted by atomic mass is 9.89. The van der Waals surface area contributed by atoms with E-state index in [4.69, 9.17) is 21.1 Å². The molecule has 2 atom stereocenters. The number of aromatic nitrogens is 2. The van der Waals surface area contributed by atoms with Crippen molar-refractivity contribution < 1.29 is 23.0 Å². The molecule has 1 aromatic heterocycles. The second kappa shape index (κ2) is 7.56. The second-order valence-corrected chi connectivity index (χ2v) is 8.50. The molecule has 3 aliphatic rings. The largest absolute Gasteiger partial charge is 0.480 e. The highest BCUT2D eigenvalue weighted by atomic mass is 35.5. The van der Waals surface area contributed by atoms with Crippen molar-refractivity contribution in [3.8, 4) is 5.88 Å². The maximum absolute atomic E-state index is 13.7. The van der Waals surface area contributed by atoms with E-state index in [1.165, 1.54) is 25.4 Å². The monoisotopic (exact) mass is 450 g/mol. The van der Waals surface area contributed by atoms with Gasteiger partial charge in [0.2, 0.25) is 11.8 Å². The van der Waals surface area contributed by atoms with Crippen LogP contribution in [0.3, 0.4) is 0 Å². The summed E-state index contributed by atoms with van der Waals surface area (Å²) in [4.78, 5) is 25.7. The molecule has 1 spiro atoms. The number of carbonyl (C=O) groups is 1. The number of methoxy groups -OCH3 is 1. The van der Waals surface area contributed by atoms with Gasteiger partial charge in [-0.3, -0.25) is 4.79 Å². The van der Waals surface area contributed by atoms with Gasteiger partial charge in [-0.1, -0.05) is 11.6 Å². The average molecular weight is 451 g/mol. The van der Waals surface area contributed by atoms with E-state index in [0.29, 0.717) is 61.2 Å². The van der Waals surface area contributed by atoms with Crippen LogP contribution in [0.25, 0.3) is 0 Å². The molecule has 31 heavy (non-hydrogen) atoms. The molecule has 4 heterocycles. The van der Waals surface area contributed by atoms with Crippen LogP contribution in [0.4, 0.5) is 14.7 Å². The highest BCUT2D eigenvalue weighted by Crippen LogP contribution is 2.48. The molecular formula is C21H21ClF2N4O3. The normalized spacial score (nSPS) is 24.7. The minimum Gasteiger partial charge on any atom is -0.480 e. The van der Waals surface area contributed by atoms with Crippen LogP contribution in [0.2, 0.25) is 5.02 Å². The van der Waals surface area contributed by atoms with Crippen LogP contribution >= 0.6 is 11.6 Å². The number of anilines is 1. The fraction of sp³-hybridized carbons (Fsp3) is 0.476. The van der Waals surface area contributed by atoms with Gasteiger partial charge in [0.1, 0.15) is 22.9 Å². The highest BCUT2D eigenvalue weighted by molar-refractivity contribution is 6.31. The second-order valence-electron chi connectivity index (χ2n) is 8.09. The first-order valence-electron chi connectivity index (χ1n) is 10.2. The lowest BCUT2D eigenvalue weighted by Gasteiger charge is -2.37. The number of hydrogen-bond donors (Lipinski definition) is 0. The van der Waals surface area contributed by atoms with Crippen LogP contribution in [-0.4, -0.2) is 52.8 Å². The van der Waals surface area contributed by atoms with E-state index >= 15 is 0 Å². The van der Waals surface area contributed by atoms with Crippen molar-refractivity contribution in [1.29, 1.82) is 0 Å². The van der Waals surface area contributed by atoms with Crippen LogP contribution in [0.1, 0.15) is 37.3 Å². The van der Waals surface area contributed by atoms with Crippen LogP contribution in [0, 0.1) is 11.6 Å². The average Bonchev–Trinajstić information content (AvgIpc) is 3.27. The Bertz CT molecular complexity index is 1010. The van der Waals surface area contributed by atoms with Crippen molar-refractivity contribution in [2.24, 2.45) is 0 Å². The van der Waals surface area contributed by atoms with Gasteiger partial charge in [0, 0.05) is 32.0 Å². The minimum absolute atomic E-state index is 0.112. The summed E-state index contributed by atoms with van der Waals surface area (Å²) in [7, 11) is 1.49. The summed E-state index contributed by atoms with van der Waals surface area (Å²) >= 11 is 6.01. The number of ether oxygens (including phenoxy) is 2. The molecular weight excluding hydrogens is 430 g/mol. The third-order valence-electron chi connectivity index (χ3n) is 6.34. The van der Waals surface area contributed by atoms with E-state index in [9.17, 15) is 13.6 Å². The number of amides is 1. The standard InChI is InChI=1S/C21H21ClF2N4O3/c1-30-18-15(22)11-25-20(26-18)27-6-4-21(5-7-27)19(29)28-16(2-3-17(28)31-21)12-8-13(23)10-14(24)9-12/h8-11,16-17H,2-7H2,1H3. The summed E-state index contributed by atoms with van der Waals surface area (Å²) in [6, 6.07) is 3.04. The molecule has 2 aromatic rings. The number of nitrogens with zero attached hydrogens (tertiary/aromatic N) is 4. The SMILES string of the molecule is COc1nc(N2CCC3(CC2)OC2CCC(c4cc(F)cc(F)c4)N2C3=O)ncc1Cl. The zero-order valence-corrected chi connectivity index (χ0v) is 17.6. The fourth-order valence-corrected chi connectivity index (χ4v) is 5.01. The number of fused-ring (bicyclic) bond motifs is 1. The van der Waals surface area contributed by atoms with Crippen molar-refractivity contribution in [3.05, 3.63) is 46.6 Å². The van der Waals surface area contributed by atoms with Crippen molar-refractivity contribution in [3.63, 3.8) is 0 Å². The van der Waals surface area contributed by atoms with Crippen molar-refractivity contribution >= 4 is 23.5 Å². The molecule has 1 amide bonds. The number of hydrogen-bond acceptors (Lipinski definition) is 6. The van der Waals surface area contributed by atoms with E-state index in [-0.39, 0.29) is 18.2 Å². The molecule has 0 aliphatic carbocycles. The molecule has 164 valence electrons. The van der Waals surface area contributed by atoms with Gasteiger partial charge in [-0.05, 0) is 30.5 Å². The molecule has 5 rings (SSSR count). The van der Waals surface area contributed by atoms with Gasteiger partial charge in [0.15, 0.2) is 5.60 Å². The number of halogens is 3. The van der Waals surface area contributed by atoms with Crippen molar-refractivity contribution in [1.82, 2.24) is 14.9 Å². The third kappa shape index (κ3) is 3.40. The Balaban J connectivity index is 1.33. The first-order chi connectivity index (χ1) is 14.9. The van der Waals surface area contributed by atoms with E-state index in [2.05, 4.69) is 9.97 Å². The lowest BCUT2D eigenvalue weighted by molar-refractivity contribution is -0.140. The van der Waals surface area contributed by atoms with Gasteiger partial charge >= 0.3 is 0 Å². The minimum atomic E-state index is -0.928. The molecule has 3 fully saturated rings. The summed E-state index contributed by atoms with van der Waals surface area (Å²) < 4.78 is 38.9. The van der Waals surface area contributed by atoms with Gasteiger partial charge in [-0.2, -0.15) is 4.98 Å². The van der Waals surface area contributed by atoms with E-state index in [0.717, 1.165) is 6.07 Å². The van der Waals surface area contributed by atoms with E-state index < -0.39 is 17.2 Å². The van der Waals surface area contributed by atoms with Gasteiger partial charge in [-0.15, -0.1) is 0 Å². The van der Waals surface area contributed by atoms with Crippen molar-refractivity contribution in [2.45, 2.75) is 43.6 Å². The molecule has 2 unspecified atom stereocenters. The van der Waals surface area contributed by atoms with Gasteiger partial charge in [0.25, 0.3) is 5.91 Å². The maximum Gasteiger partial charge on any atom is 0.257 e. The predicted octanol–water partition coefficient (Wildman–Crippen LogP) is 3.48. The molecule has 0 saturated carbocycles. The third-order valence-corrected chi connectivity index (χ3v) is 6.59. The quantitative estimate of drug-likeness (QED) is 0.713. The fourth-order valence-electron chi connectivity index (χ4n) is 4.85. The van der Waals surface area contributed by atoms with Gasteiger partial charge in [-0.25, -0.2) is 13.8 Å². The number of carbonyl (C=O) groups excluding carboxylic acids is 1. The van der Waals surface area contributed by atoms with Gasteiger partial charge < -0.3 is 19.3 Å². The first kappa shape index (κ1) is 20.4. The van der Waals surface area contributed by atoms with Crippen LogP contribution in [-0.2, 0) is 9.53 Å². The van der Waals surface area contributed by atoms with Crippen LogP contribution in [0.5, 0.6) is 5.88 Å². The molecule has 3 saturated heterocycles. The summed E-state index contributed by atoms with van der Waals surface area (Å²) in [5.41, 5.74) is -0.463. The van der Waals surface area contributed by atoms with E-state index in [1.807, 2.05) is 4.90 Å². The predicted molar refractivity (Wildman–Crippen MR) is 108 cm³/mol. The molecule has 0 N–H and O–H groups in total. The van der Waals surface area contributed by atoms with Crippen LogP contribution < -0.4 is 9.64 Å². The smallest absolute Gasteiger partial charge is 0.257 e. The molecule has 3 aliphatic heterocycles. The zero-order valence-electron chi connectivity index (χ0n) is 16.9. The summed E-state index contributed by atoms with van der Waals surface area (Å²) in [5.74, 6) is -0.625. The molecule has 0 radical (unpaired) electrons. The highest BCUT2D eigenvalue weighted by Gasteiger charge is 2.58. The number of benzene rings is 1.